The summed E-state index contributed by atoms with van der Waals surface area (Å²) in [4.78, 5) is 10.9. The molecule has 3 nitrogen and oxygen atoms in total. The molecule has 1 saturated carbocycles. The highest BCUT2D eigenvalue weighted by atomic mass is 35.5. The third-order valence-corrected chi connectivity index (χ3v) is 2.58. The zero-order chi connectivity index (χ0) is 10.8. The molecule has 2 rings (SSSR count). The summed E-state index contributed by atoms with van der Waals surface area (Å²) >= 11 is 5.33. The maximum atomic E-state index is 10.9. The molecule has 80 valence electrons. The first-order valence-electron chi connectivity index (χ1n) is 4.82. The Kier molecular flexibility index (Phi) is 2.82. The number of carbonyl (C=O) groups is 1. The monoisotopic (exact) mass is 226 g/mol. The molecule has 0 aliphatic heterocycles. The van der Waals surface area contributed by atoms with E-state index in [2.05, 4.69) is 0 Å². The van der Waals surface area contributed by atoms with Crippen LogP contribution in [0.25, 0.3) is 0 Å². The molecule has 0 radical (unpaired) electrons. The minimum absolute atomic E-state index is 0.0392. The number of benzene rings is 1. The van der Waals surface area contributed by atoms with Crippen molar-refractivity contribution in [2.24, 2.45) is 5.92 Å². The van der Waals surface area contributed by atoms with E-state index in [0.717, 1.165) is 0 Å². The lowest BCUT2D eigenvalue weighted by molar-refractivity contribution is 0.108. The number of aromatic hydroxyl groups is 1. The smallest absolute Gasteiger partial charge is 0.252 e. The van der Waals surface area contributed by atoms with Gasteiger partial charge in [-0.15, -0.1) is 0 Å². The van der Waals surface area contributed by atoms with Gasteiger partial charge in [0.15, 0.2) is 11.5 Å². The van der Waals surface area contributed by atoms with E-state index in [1.807, 2.05) is 0 Å². The Bertz CT molecular complexity index is 385. The Balaban J connectivity index is 2.12. The van der Waals surface area contributed by atoms with Gasteiger partial charge in [0.2, 0.25) is 0 Å². The minimum atomic E-state index is -0.550. The van der Waals surface area contributed by atoms with Gasteiger partial charge >= 0.3 is 0 Å². The van der Waals surface area contributed by atoms with E-state index < -0.39 is 5.24 Å². The highest BCUT2D eigenvalue weighted by molar-refractivity contribution is 6.67. The fourth-order valence-electron chi connectivity index (χ4n) is 1.24. The number of hydrogen-bond donors (Lipinski definition) is 1. The van der Waals surface area contributed by atoms with E-state index in [9.17, 15) is 9.90 Å². The van der Waals surface area contributed by atoms with Crippen LogP contribution in [-0.4, -0.2) is 17.0 Å². The van der Waals surface area contributed by atoms with E-state index in [1.165, 1.54) is 31.0 Å². The topological polar surface area (TPSA) is 46.5 Å². The lowest BCUT2D eigenvalue weighted by atomic mass is 10.2. The maximum Gasteiger partial charge on any atom is 0.252 e. The quantitative estimate of drug-likeness (QED) is 0.803. The largest absolute Gasteiger partial charge is 0.504 e. The zero-order valence-corrected chi connectivity index (χ0v) is 8.83. The van der Waals surface area contributed by atoms with Gasteiger partial charge in [-0.1, -0.05) is 0 Å². The van der Waals surface area contributed by atoms with Crippen molar-refractivity contribution in [2.75, 3.05) is 6.61 Å². The van der Waals surface area contributed by atoms with Crippen molar-refractivity contribution >= 4 is 16.8 Å². The van der Waals surface area contributed by atoms with Crippen molar-refractivity contribution in [3.63, 3.8) is 0 Å². The van der Waals surface area contributed by atoms with E-state index in [-0.39, 0.29) is 5.75 Å². The minimum Gasteiger partial charge on any atom is -0.504 e. The molecule has 0 atom stereocenters. The summed E-state index contributed by atoms with van der Waals surface area (Å²) in [5, 5.41) is 8.92. The van der Waals surface area contributed by atoms with Crippen LogP contribution in [-0.2, 0) is 0 Å². The second-order valence-corrected chi connectivity index (χ2v) is 4.05. The molecular weight excluding hydrogens is 216 g/mol. The Labute approximate surface area is 92.6 Å². The molecule has 4 heteroatoms. The van der Waals surface area contributed by atoms with Crippen LogP contribution in [0.5, 0.6) is 11.5 Å². The molecule has 1 aliphatic rings. The van der Waals surface area contributed by atoms with E-state index in [1.54, 1.807) is 0 Å². The van der Waals surface area contributed by atoms with Gasteiger partial charge in [-0.3, -0.25) is 4.79 Å². The Morgan fingerprint density at radius 2 is 2.27 bits per heavy atom. The van der Waals surface area contributed by atoms with Crippen LogP contribution in [0.4, 0.5) is 0 Å². The normalized spacial score (nSPS) is 15.0. The summed E-state index contributed by atoms with van der Waals surface area (Å²) in [6.07, 6.45) is 2.35. The van der Waals surface area contributed by atoms with Crippen LogP contribution in [0, 0.1) is 5.92 Å². The van der Waals surface area contributed by atoms with Gasteiger partial charge in [0.1, 0.15) is 0 Å². The van der Waals surface area contributed by atoms with Crippen molar-refractivity contribution in [1.82, 2.24) is 0 Å². The fraction of sp³-hybridized carbons (Fsp3) is 0.364. The van der Waals surface area contributed by atoms with E-state index >= 15 is 0 Å². The molecule has 0 heterocycles. The molecule has 0 amide bonds. The van der Waals surface area contributed by atoms with Gasteiger partial charge < -0.3 is 9.84 Å². The third kappa shape index (κ3) is 2.63. The van der Waals surface area contributed by atoms with Crippen LogP contribution in [0.15, 0.2) is 18.2 Å². The third-order valence-electron chi connectivity index (χ3n) is 2.36. The van der Waals surface area contributed by atoms with E-state index in [0.29, 0.717) is 23.8 Å². The molecule has 0 spiro atoms. The number of halogens is 1. The summed E-state index contributed by atoms with van der Waals surface area (Å²) in [6, 6.07) is 4.35. The average Bonchev–Trinajstić information content (AvgIpc) is 3.00. The Hall–Kier alpha value is -1.22. The number of carbonyl (C=O) groups excluding carboxylic acids is 1. The number of rotatable bonds is 4. The van der Waals surface area contributed by atoms with Crippen LogP contribution in [0.2, 0.25) is 0 Å². The molecule has 0 bridgehead atoms. The molecule has 1 aromatic rings. The number of phenols is 1. The highest BCUT2D eigenvalue weighted by Crippen LogP contribution is 2.32. The second kappa shape index (κ2) is 4.11. The number of phenolic OH excluding ortho intramolecular Hbond substituents is 1. The van der Waals surface area contributed by atoms with Crippen molar-refractivity contribution in [3.8, 4) is 11.5 Å². The molecule has 0 aromatic heterocycles. The van der Waals surface area contributed by atoms with Gasteiger partial charge in [0, 0.05) is 5.56 Å². The lowest BCUT2D eigenvalue weighted by Gasteiger charge is -2.07. The van der Waals surface area contributed by atoms with Crippen LogP contribution >= 0.6 is 11.6 Å². The summed E-state index contributed by atoms with van der Waals surface area (Å²) < 4.78 is 5.39. The fourth-order valence-corrected chi connectivity index (χ4v) is 1.36. The van der Waals surface area contributed by atoms with Gasteiger partial charge in [-0.25, -0.2) is 0 Å². The Morgan fingerprint density at radius 1 is 1.53 bits per heavy atom. The molecular formula is C11H11ClO3. The molecule has 1 aliphatic carbocycles. The SMILES string of the molecule is O=C(Cl)c1ccc(O)c(OCC2CC2)c1. The summed E-state index contributed by atoms with van der Waals surface area (Å²) in [6.45, 7) is 0.591. The summed E-state index contributed by atoms with van der Waals surface area (Å²) in [7, 11) is 0. The predicted molar refractivity (Wildman–Crippen MR) is 56.5 cm³/mol. The van der Waals surface area contributed by atoms with Gasteiger partial charge in [0.05, 0.1) is 6.61 Å². The molecule has 15 heavy (non-hydrogen) atoms. The van der Waals surface area contributed by atoms with Crippen molar-refractivity contribution < 1.29 is 14.6 Å². The highest BCUT2D eigenvalue weighted by Gasteiger charge is 2.22. The zero-order valence-electron chi connectivity index (χ0n) is 8.07. The van der Waals surface area contributed by atoms with E-state index in [4.69, 9.17) is 16.3 Å². The first-order chi connectivity index (χ1) is 7.16. The maximum absolute atomic E-state index is 10.9. The molecule has 0 saturated heterocycles. The Morgan fingerprint density at radius 3 is 2.87 bits per heavy atom. The molecule has 1 aromatic carbocycles. The first-order valence-corrected chi connectivity index (χ1v) is 5.20. The van der Waals surface area contributed by atoms with Crippen molar-refractivity contribution in [3.05, 3.63) is 23.8 Å². The van der Waals surface area contributed by atoms with Gasteiger partial charge in [-0.2, -0.15) is 0 Å². The van der Waals surface area contributed by atoms with Crippen molar-refractivity contribution in [1.29, 1.82) is 0 Å². The molecule has 0 unspecified atom stereocenters. The standard InChI is InChI=1S/C11H11ClO3/c12-11(14)8-3-4-9(13)10(5-8)15-6-7-1-2-7/h3-5,7,13H,1-2,6H2. The first kappa shape index (κ1) is 10.3. The summed E-state index contributed by atoms with van der Waals surface area (Å²) in [5.74, 6) is 0.963. The average molecular weight is 227 g/mol. The molecule has 1 fully saturated rings. The predicted octanol–water partition coefficient (Wildman–Crippen LogP) is 2.56. The lowest BCUT2D eigenvalue weighted by Crippen LogP contribution is -2.00. The second-order valence-electron chi connectivity index (χ2n) is 3.71. The molecule has 1 N–H and O–H groups in total. The van der Waals surface area contributed by atoms with Crippen LogP contribution in [0.3, 0.4) is 0 Å². The van der Waals surface area contributed by atoms with Crippen LogP contribution < -0.4 is 4.74 Å². The number of hydrogen-bond acceptors (Lipinski definition) is 3. The van der Waals surface area contributed by atoms with Gasteiger partial charge in [-0.05, 0) is 48.6 Å². The van der Waals surface area contributed by atoms with Gasteiger partial charge in [0.25, 0.3) is 5.24 Å². The van der Waals surface area contributed by atoms with Crippen molar-refractivity contribution in [2.45, 2.75) is 12.8 Å². The number of ether oxygens (including phenoxy) is 1. The summed E-state index contributed by atoms with van der Waals surface area (Å²) in [5.41, 5.74) is 0.334. The van der Waals surface area contributed by atoms with Crippen LogP contribution in [0.1, 0.15) is 23.2 Å².